The first-order chi connectivity index (χ1) is 9.99. The predicted molar refractivity (Wildman–Crippen MR) is 83.3 cm³/mol. The van der Waals surface area contributed by atoms with Gasteiger partial charge in [0.1, 0.15) is 5.69 Å². The van der Waals surface area contributed by atoms with Gasteiger partial charge in [-0.25, -0.2) is 4.68 Å². The normalized spacial score (nSPS) is 12.1. The number of carbonyl (C=O) groups is 1. The van der Waals surface area contributed by atoms with Gasteiger partial charge in [0.15, 0.2) is 5.15 Å². The summed E-state index contributed by atoms with van der Waals surface area (Å²) in [7, 11) is 0.624. The predicted octanol–water partition coefficient (Wildman–Crippen LogP) is 1.65. The summed E-state index contributed by atoms with van der Waals surface area (Å²) in [4.78, 5) is 17.5. The number of halogens is 1. The van der Waals surface area contributed by atoms with Crippen LogP contribution in [-0.4, -0.2) is 43.9 Å². The summed E-state index contributed by atoms with van der Waals surface area (Å²) in [5.74, 6) is 0.176. The van der Waals surface area contributed by atoms with Gasteiger partial charge in [0.05, 0.1) is 18.1 Å². The second-order valence-corrected chi connectivity index (χ2v) is 6.35. The number of hydrogen-bond acceptors (Lipinski definition) is 4. The van der Waals surface area contributed by atoms with E-state index in [1.807, 2.05) is 6.07 Å². The molecule has 2 rings (SSSR count). The van der Waals surface area contributed by atoms with Gasteiger partial charge in [-0.1, -0.05) is 11.6 Å². The number of pyridine rings is 1. The third-order valence-corrected chi connectivity index (χ3v) is 3.95. The monoisotopic (exact) mass is 326 g/mol. The van der Waals surface area contributed by atoms with Gasteiger partial charge < -0.3 is 4.90 Å². The highest BCUT2D eigenvalue weighted by Crippen LogP contribution is 2.25. The molecule has 1 atom stereocenters. The Morgan fingerprint density at radius 1 is 1.52 bits per heavy atom. The first kappa shape index (κ1) is 15.7. The highest BCUT2D eigenvalue weighted by molar-refractivity contribution is 7.84. The SMILES string of the molecule is CN(C(=O)CCS(C)=O)c1cn(-c2cccnc2)nc1Cl. The zero-order valence-electron chi connectivity index (χ0n) is 11.7. The van der Waals surface area contributed by atoms with Crippen LogP contribution in [0.1, 0.15) is 6.42 Å². The van der Waals surface area contributed by atoms with Gasteiger partial charge in [-0.2, -0.15) is 5.10 Å². The molecule has 112 valence electrons. The van der Waals surface area contributed by atoms with E-state index >= 15 is 0 Å². The molecule has 1 unspecified atom stereocenters. The van der Waals surface area contributed by atoms with E-state index in [1.54, 1.807) is 42.6 Å². The zero-order chi connectivity index (χ0) is 15.4. The summed E-state index contributed by atoms with van der Waals surface area (Å²) < 4.78 is 12.6. The van der Waals surface area contributed by atoms with E-state index in [2.05, 4.69) is 10.1 Å². The smallest absolute Gasteiger partial charge is 0.227 e. The summed E-state index contributed by atoms with van der Waals surface area (Å²) >= 11 is 6.09. The van der Waals surface area contributed by atoms with E-state index in [9.17, 15) is 9.00 Å². The minimum Gasteiger partial charge on any atom is -0.311 e. The van der Waals surface area contributed by atoms with Crippen LogP contribution in [0.25, 0.3) is 5.69 Å². The van der Waals surface area contributed by atoms with Crippen molar-refractivity contribution in [1.29, 1.82) is 0 Å². The molecule has 21 heavy (non-hydrogen) atoms. The lowest BCUT2D eigenvalue weighted by Crippen LogP contribution is -2.27. The zero-order valence-corrected chi connectivity index (χ0v) is 13.3. The van der Waals surface area contributed by atoms with Crippen molar-refractivity contribution < 1.29 is 9.00 Å². The Kier molecular flexibility index (Phi) is 5.08. The summed E-state index contributed by atoms with van der Waals surface area (Å²) in [6.07, 6.45) is 6.75. The maximum absolute atomic E-state index is 12.0. The van der Waals surface area contributed by atoms with E-state index in [-0.39, 0.29) is 17.5 Å². The number of carbonyl (C=O) groups excluding carboxylic acids is 1. The van der Waals surface area contributed by atoms with Crippen molar-refractivity contribution in [1.82, 2.24) is 14.8 Å². The number of amides is 1. The number of anilines is 1. The molecule has 6 nitrogen and oxygen atoms in total. The van der Waals surface area contributed by atoms with E-state index in [1.165, 1.54) is 4.90 Å². The summed E-state index contributed by atoms with van der Waals surface area (Å²) in [5.41, 5.74) is 1.26. The van der Waals surface area contributed by atoms with Crippen LogP contribution in [-0.2, 0) is 15.6 Å². The second-order valence-electron chi connectivity index (χ2n) is 4.44. The van der Waals surface area contributed by atoms with Gasteiger partial charge in [0.25, 0.3) is 0 Å². The number of nitrogens with zero attached hydrogens (tertiary/aromatic N) is 4. The molecule has 0 saturated heterocycles. The highest BCUT2D eigenvalue weighted by Gasteiger charge is 2.18. The van der Waals surface area contributed by atoms with Gasteiger partial charge in [-0.05, 0) is 12.1 Å². The Bertz CT molecular complexity index is 659. The number of aromatic nitrogens is 3. The fraction of sp³-hybridized carbons (Fsp3) is 0.308. The average molecular weight is 327 g/mol. The number of hydrogen-bond donors (Lipinski definition) is 0. The van der Waals surface area contributed by atoms with Crippen molar-refractivity contribution in [3.63, 3.8) is 0 Å². The van der Waals surface area contributed by atoms with Crippen molar-refractivity contribution in [2.75, 3.05) is 24.0 Å². The second kappa shape index (κ2) is 6.82. The van der Waals surface area contributed by atoms with Gasteiger partial charge in [0.2, 0.25) is 5.91 Å². The molecule has 0 spiro atoms. The molecule has 0 fully saturated rings. The molecule has 0 aliphatic rings. The fourth-order valence-electron chi connectivity index (χ4n) is 1.72. The largest absolute Gasteiger partial charge is 0.311 e. The quantitative estimate of drug-likeness (QED) is 0.838. The lowest BCUT2D eigenvalue weighted by atomic mass is 10.4. The summed E-state index contributed by atoms with van der Waals surface area (Å²) in [5, 5.41) is 4.40. The lowest BCUT2D eigenvalue weighted by molar-refractivity contribution is -0.117. The van der Waals surface area contributed by atoms with Crippen LogP contribution < -0.4 is 4.90 Å². The van der Waals surface area contributed by atoms with Crippen LogP contribution in [0.3, 0.4) is 0 Å². The van der Waals surface area contributed by atoms with Crippen molar-refractivity contribution >= 4 is 34.0 Å². The molecule has 0 aliphatic carbocycles. The summed E-state index contributed by atoms with van der Waals surface area (Å²) in [6.45, 7) is 0. The molecule has 8 heteroatoms. The molecule has 1 amide bonds. The van der Waals surface area contributed by atoms with Gasteiger partial charge in [0, 0.05) is 42.5 Å². The van der Waals surface area contributed by atoms with Crippen molar-refractivity contribution in [3.8, 4) is 5.69 Å². The first-order valence-electron chi connectivity index (χ1n) is 6.21. The van der Waals surface area contributed by atoms with Gasteiger partial charge >= 0.3 is 0 Å². The van der Waals surface area contributed by atoms with E-state index in [0.717, 1.165) is 5.69 Å². The van der Waals surface area contributed by atoms with Crippen molar-refractivity contribution in [2.45, 2.75) is 6.42 Å². The maximum Gasteiger partial charge on any atom is 0.227 e. The van der Waals surface area contributed by atoms with Crippen LogP contribution in [0, 0.1) is 0 Å². The molecular formula is C13H15ClN4O2S. The molecule has 2 aromatic heterocycles. The van der Waals surface area contributed by atoms with E-state index in [0.29, 0.717) is 11.4 Å². The third-order valence-electron chi connectivity index (χ3n) is 2.90. The maximum atomic E-state index is 12.0. The molecule has 0 radical (unpaired) electrons. The van der Waals surface area contributed by atoms with Gasteiger partial charge in [-0.3, -0.25) is 14.0 Å². The van der Waals surface area contributed by atoms with Gasteiger partial charge in [-0.15, -0.1) is 0 Å². The van der Waals surface area contributed by atoms with Crippen LogP contribution in [0.2, 0.25) is 5.15 Å². The molecular weight excluding hydrogens is 312 g/mol. The molecule has 2 heterocycles. The molecule has 0 aromatic carbocycles. The molecule has 2 aromatic rings. The highest BCUT2D eigenvalue weighted by atomic mass is 35.5. The standard InChI is InChI=1S/C13H15ClN4O2S/c1-17(12(19)5-7-21(2)20)11-9-18(16-13(11)14)10-4-3-6-15-8-10/h3-4,6,8-9H,5,7H2,1-2H3. The Balaban J connectivity index is 2.19. The fourth-order valence-corrected chi connectivity index (χ4v) is 2.44. The van der Waals surface area contributed by atoms with E-state index < -0.39 is 10.8 Å². The Morgan fingerprint density at radius 2 is 2.29 bits per heavy atom. The number of rotatable bonds is 5. The Labute approximate surface area is 130 Å². The van der Waals surface area contributed by atoms with E-state index in [4.69, 9.17) is 11.6 Å². The lowest BCUT2D eigenvalue weighted by Gasteiger charge is -2.14. The molecule has 0 aliphatic heterocycles. The molecule has 0 saturated carbocycles. The minimum absolute atomic E-state index is 0.155. The topological polar surface area (TPSA) is 68.1 Å². The first-order valence-corrected chi connectivity index (χ1v) is 8.31. The van der Waals surface area contributed by atoms with Crippen LogP contribution in [0.5, 0.6) is 0 Å². The Morgan fingerprint density at radius 3 is 2.90 bits per heavy atom. The Hall–Kier alpha value is -1.73. The van der Waals surface area contributed by atoms with Crippen LogP contribution >= 0.6 is 11.6 Å². The molecule has 0 bridgehead atoms. The average Bonchev–Trinajstić information content (AvgIpc) is 2.86. The summed E-state index contributed by atoms with van der Waals surface area (Å²) in [6, 6.07) is 3.62. The minimum atomic E-state index is -0.999. The van der Waals surface area contributed by atoms with Crippen LogP contribution in [0.15, 0.2) is 30.7 Å². The third kappa shape index (κ3) is 3.89. The van der Waals surface area contributed by atoms with Crippen molar-refractivity contribution in [3.05, 3.63) is 35.9 Å². The van der Waals surface area contributed by atoms with Crippen LogP contribution in [0.4, 0.5) is 5.69 Å². The van der Waals surface area contributed by atoms with Crippen molar-refractivity contribution in [2.24, 2.45) is 0 Å². The molecule has 0 N–H and O–H groups in total.